The molecule has 1 aromatic carbocycles. The highest BCUT2D eigenvalue weighted by Gasteiger charge is 2.05. The van der Waals surface area contributed by atoms with E-state index in [2.05, 4.69) is 64.5 Å². The molecule has 0 aliphatic carbocycles. The molecule has 0 fully saturated rings. The smallest absolute Gasteiger partial charge is 0.187 e. The minimum Gasteiger partial charge on any atom is -0.359 e. The van der Waals surface area contributed by atoms with Gasteiger partial charge in [0.05, 0.1) is 17.4 Å². The second-order valence-electron chi connectivity index (χ2n) is 6.13. The molecule has 0 aliphatic rings. The number of thiophene rings is 1. The van der Waals surface area contributed by atoms with Crippen LogP contribution in [0.25, 0.3) is 22.2 Å². The number of fused-ring (bicyclic) bond motifs is 1. The van der Waals surface area contributed by atoms with Crippen LogP contribution < -0.4 is 10.7 Å². The van der Waals surface area contributed by atoms with E-state index in [4.69, 9.17) is 17.2 Å². The van der Waals surface area contributed by atoms with Gasteiger partial charge in [0.25, 0.3) is 0 Å². The molecule has 6 heteroatoms. The summed E-state index contributed by atoms with van der Waals surface area (Å²) in [5.41, 5.74) is 7.14. The van der Waals surface area contributed by atoms with Crippen LogP contribution in [0.5, 0.6) is 0 Å². The average molecular weight is 369 g/mol. The lowest BCUT2D eigenvalue weighted by molar-refractivity contribution is 0.720. The van der Waals surface area contributed by atoms with Crippen LogP contribution in [0.15, 0.2) is 46.9 Å². The fourth-order valence-corrected chi connectivity index (χ4v) is 3.46. The van der Waals surface area contributed by atoms with Crippen molar-refractivity contribution in [2.75, 3.05) is 0 Å². The molecule has 128 valence electrons. The van der Waals surface area contributed by atoms with Crippen molar-refractivity contribution >= 4 is 45.8 Å². The number of pyridine rings is 1. The zero-order valence-corrected chi connectivity index (χ0v) is 16.0. The summed E-state index contributed by atoms with van der Waals surface area (Å²) < 4.78 is 0. The molecule has 0 atom stereocenters. The topological polar surface area (TPSA) is 49.3 Å². The van der Waals surface area contributed by atoms with Gasteiger partial charge in [-0.05, 0) is 57.3 Å². The zero-order chi connectivity index (χ0) is 17.8. The van der Waals surface area contributed by atoms with Crippen molar-refractivity contribution in [1.29, 1.82) is 0 Å². The molecule has 0 aliphatic heterocycles. The Morgan fingerprint density at radius 1 is 1.24 bits per heavy atom. The molecular weight excluding hydrogens is 348 g/mol. The van der Waals surface area contributed by atoms with E-state index in [9.17, 15) is 0 Å². The summed E-state index contributed by atoms with van der Waals surface area (Å²) in [5, 5.41) is 11.0. The molecule has 0 spiro atoms. The summed E-state index contributed by atoms with van der Waals surface area (Å²) in [6.45, 7) is 6.15. The van der Waals surface area contributed by atoms with E-state index in [0.29, 0.717) is 5.11 Å². The van der Waals surface area contributed by atoms with Gasteiger partial charge in [0.15, 0.2) is 5.11 Å². The number of rotatable bonds is 4. The van der Waals surface area contributed by atoms with E-state index >= 15 is 0 Å². The summed E-state index contributed by atoms with van der Waals surface area (Å²) in [4.78, 5) is 5.80. The molecule has 0 unspecified atom stereocenters. The Bertz CT molecular complexity index is 928. The SMILES string of the molecule is Cc1ccc2nc(-c3csc(/C=N/NC(=S)NC(C)C)c3)ccc2c1. The first kappa shape index (κ1) is 17.5. The van der Waals surface area contributed by atoms with Crippen molar-refractivity contribution in [2.24, 2.45) is 5.10 Å². The number of hydrogen-bond acceptors (Lipinski definition) is 4. The third-order valence-corrected chi connectivity index (χ3v) is 4.61. The number of hydrazone groups is 1. The second kappa shape index (κ2) is 7.72. The highest BCUT2D eigenvalue weighted by Crippen LogP contribution is 2.25. The lowest BCUT2D eigenvalue weighted by atomic mass is 10.1. The third kappa shape index (κ3) is 4.61. The number of aromatic nitrogens is 1. The van der Waals surface area contributed by atoms with Gasteiger partial charge < -0.3 is 5.32 Å². The standard InChI is InChI=1S/C19H20N4S2/c1-12(2)21-19(24)23-20-10-16-9-15(11-25-16)18-7-5-14-8-13(3)4-6-17(14)22-18/h4-12H,1-3H3,(H2,21,23,24)/b20-10+. The number of nitrogens with one attached hydrogen (secondary N) is 2. The number of thiocarbonyl (C=S) groups is 1. The maximum absolute atomic E-state index is 5.14. The molecule has 2 heterocycles. The summed E-state index contributed by atoms with van der Waals surface area (Å²) in [6.07, 6.45) is 1.77. The summed E-state index contributed by atoms with van der Waals surface area (Å²) in [6, 6.07) is 12.8. The van der Waals surface area contributed by atoms with Gasteiger partial charge in [0, 0.05) is 27.2 Å². The monoisotopic (exact) mass is 368 g/mol. The zero-order valence-electron chi connectivity index (χ0n) is 14.4. The summed E-state index contributed by atoms with van der Waals surface area (Å²) in [5.74, 6) is 0. The number of nitrogens with zero attached hydrogens (tertiary/aromatic N) is 2. The van der Waals surface area contributed by atoms with Gasteiger partial charge in [-0.2, -0.15) is 5.10 Å². The molecule has 3 aromatic rings. The Morgan fingerprint density at radius 2 is 2.08 bits per heavy atom. The van der Waals surface area contributed by atoms with Crippen molar-refractivity contribution < 1.29 is 0 Å². The average Bonchev–Trinajstić information content (AvgIpc) is 3.02. The van der Waals surface area contributed by atoms with Crippen molar-refractivity contribution in [3.63, 3.8) is 0 Å². The van der Waals surface area contributed by atoms with E-state index in [1.54, 1.807) is 17.6 Å². The number of benzene rings is 1. The minimum absolute atomic E-state index is 0.284. The first-order valence-corrected chi connectivity index (χ1v) is 9.36. The van der Waals surface area contributed by atoms with Gasteiger partial charge in [0.2, 0.25) is 0 Å². The molecule has 0 bridgehead atoms. The van der Waals surface area contributed by atoms with Crippen LogP contribution in [0.4, 0.5) is 0 Å². The van der Waals surface area contributed by atoms with Crippen molar-refractivity contribution in [1.82, 2.24) is 15.7 Å². The molecule has 2 aromatic heterocycles. The van der Waals surface area contributed by atoms with Crippen LogP contribution in [0.1, 0.15) is 24.3 Å². The second-order valence-corrected chi connectivity index (χ2v) is 7.48. The predicted octanol–water partition coefficient (Wildman–Crippen LogP) is 4.48. The van der Waals surface area contributed by atoms with Gasteiger partial charge in [-0.15, -0.1) is 11.3 Å². The van der Waals surface area contributed by atoms with Crippen LogP contribution in [0.3, 0.4) is 0 Å². The van der Waals surface area contributed by atoms with Crippen molar-refractivity contribution in [3.05, 3.63) is 52.2 Å². The molecule has 0 radical (unpaired) electrons. The maximum atomic E-state index is 5.14. The molecule has 25 heavy (non-hydrogen) atoms. The van der Waals surface area contributed by atoms with E-state index in [0.717, 1.165) is 27.0 Å². The molecule has 4 nitrogen and oxygen atoms in total. The van der Waals surface area contributed by atoms with Crippen LogP contribution in [0.2, 0.25) is 0 Å². The molecule has 0 amide bonds. The van der Waals surface area contributed by atoms with Crippen molar-refractivity contribution in [2.45, 2.75) is 26.8 Å². The first-order valence-electron chi connectivity index (χ1n) is 8.07. The van der Waals surface area contributed by atoms with Crippen LogP contribution in [0, 0.1) is 6.92 Å². The highest BCUT2D eigenvalue weighted by atomic mass is 32.1. The Balaban J connectivity index is 1.73. The predicted molar refractivity (Wildman–Crippen MR) is 111 cm³/mol. The molecule has 0 saturated heterocycles. The normalized spacial score (nSPS) is 11.4. The van der Waals surface area contributed by atoms with Gasteiger partial charge in [-0.1, -0.05) is 17.7 Å². The van der Waals surface area contributed by atoms with E-state index < -0.39 is 0 Å². The van der Waals surface area contributed by atoms with Gasteiger partial charge in [-0.25, -0.2) is 4.98 Å². The highest BCUT2D eigenvalue weighted by molar-refractivity contribution is 7.80. The van der Waals surface area contributed by atoms with E-state index in [1.165, 1.54) is 5.56 Å². The molecular formula is C19H20N4S2. The lowest BCUT2D eigenvalue weighted by Crippen LogP contribution is -2.36. The minimum atomic E-state index is 0.284. The van der Waals surface area contributed by atoms with Crippen LogP contribution >= 0.6 is 23.6 Å². The molecule has 0 saturated carbocycles. The summed E-state index contributed by atoms with van der Waals surface area (Å²) >= 11 is 6.76. The fourth-order valence-electron chi connectivity index (χ4n) is 2.41. The summed E-state index contributed by atoms with van der Waals surface area (Å²) in [7, 11) is 0. The van der Waals surface area contributed by atoms with Gasteiger partial charge in [0.1, 0.15) is 0 Å². The van der Waals surface area contributed by atoms with Crippen molar-refractivity contribution in [3.8, 4) is 11.3 Å². The van der Waals surface area contributed by atoms with E-state index in [-0.39, 0.29) is 6.04 Å². The number of aryl methyl sites for hydroxylation is 1. The largest absolute Gasteiger partial charge is 0.359 e. The van der Waals surface area contributed by atoms with Gasteiger partial charge in [-0.3, -0.25) is 5.43 Å². The fraction of sp³-hybridized carbons (Fsp3) is 0.211. The third-order valence-electron chi connectivity index (χ3n) is 3.54. The lowest BCUT2D eigenvalue weighted by Gasteiger charge is -2.09. The maximum Gasteiger partial charge on any atom is 0.187 e. The van der Waals surface area contributed by atoms with Crippen LogP contribution in [-0.2, 0) is 0 Å². The Labute approximate surface area is 157 Å². The Hall–Kier alpha value is -2.31. The number of hydrogen-bond donors (Lipinski definition) is 2. The molecule has 2 N–H and O–H groups in total. The first-order chi connectivity index (χ1) is 12.0. The Morgan fingerprint density at radius 3 is 2.88 bits per heavy atom. The van der Waals surface area contributed by atoms with Crippen LogP contribution in [-0.4, -0.2) is 22.4 Å². The molecule has 3 rings (SSSR count). The van der Waals surface area contributed by atoms with Gasteiger partial charge >= 0.3 is 0 Å². The van der Waals surface area contributed by atoms with E-state index in [1.807, 2.05) is 13.8 Å². The quantitative estimate of drug-likeness (QED) is 0.405. The Kier molecular flexibility index (Phi) is 5.40.